The summed E-state index contributed by atoms with van der Waals surface area (Å²) < 4.78 is 49.3. The molecule has 27 heavy (non-hydrogen) atoms. The quantitative estimate of drug-likeness (QED) is 0.839. The molecule has 1 aliphatic heterocycles. The van der Waals surface area contributed by atoms with Crippen molar-refractivity contribution < 1.29 is 27.4 Å². The van der Waals surface area contributed by atoms with Crippen LogP contribution < -0.4 is 14.8 Å². The molecule has 1 aliphatic rings. The number of hydrogen-bond donors (Lipinski definition) is 1. The number of nitrogens with one attached hydrogen (secondary N) is 1. The summed E-state index contributed by atoms with van der Waals surface area (Å²) in [5.41, 5.74) is -0.556. The van der Waals surface area contributed by atoms with Crippen molar-refractivity contribution in [3.63, 3.8) is 0 Å². The second-order valence-electron chi connectivity index (χ2n) is 5.77. The number of alkyl halides is 3. The van der Waals surface area contributed by atoms with Crippen LogP contribution in [-0.4, -0.2) is 42.2 Å². The van der Waals surface area contributed by atoms with E-state index < -0.39 is 29.8 Å². The number of halogens is 4. The Morgan fingerprint density at radius 2 is 2.07 bits per heavy atom. The van der Waals surface area contributed by atoms with Gasteiger partial charge in [-0.3, -0.25) is 0 Å². The first kappa shape index (κ1) is 19.1. The zero-order valence-electron chi connectivity index (χ0n) is 14.1. The highest BCUT2D eigenvalue weighted by atomic mass is 35.5. The third-order valence-corrected chi connectivity index (χ3v) is 4.13. The molecule has 0 aliphatic carbocycles. The fourth-order valence-corrected chi connectivity index (χ4v) is 2.68. The van der Waals surface area contributed by atoms with Gasteiger partial charge >= 0.3 is 12.2 Å². The minimum absolute atomic E-state index is 0.128. The predicted molar refractivity (Wildman–Crippen MR) is 92.3 cm³/mol. The third-order valence-electron chi connectivity index (χ3n) is 3.89. The summed E-state index contributed by atoms with van der Waals surface area (Å²) in [6, 6.07) is 6.42. The Balaban J connectivity index is 1.59. The molecule has 10 heteroatoms. The molecule has 0 unspecified atom stereocenters. The number of urea groups is 1. The summed E-state index contributed by atoms with van der Waals surface area (Å²) >= 11 is 5.91. The molecule has 0 radical (unpaired) electrons. The normalized spacial score (nSPS) is 14.5. The highest BCUT2D eigenvalue weighted by Gasteiger charge is 2.38. The first-order valence-electron chi connectivity index (χ1n) is 7.86. The van der Waals surface area contributed by atoms with Crippen molar-refractivity contribution in [1.29, 1.82) is 0 Å². The molecule has 1 aromatic heterocycles. The van der Waals surface area contributed by atoms with Crippen molar-refractivity contribution in [2.45, 2.75) is 12.3 Å². The average molecular weight is 402 g/mol. The Bertz CT molecular complexity index is 842. The number of hydrogen-bond acceptors (Lipinski definition) is 4. The van der Waals surface area contributed by atoms with Gasteiger partial charge in [-0.15, -0.1) is 0 Å². The lowest BCUT2D eigenvalue weighted by atomic mass is 10.2. The van der Waals surface area contributed by atoms with Crippen molar-refractivity contribution in [2.24, 2.45) is 0 Å². The van der Waals surface area contributed by atoms with Crippen LogP contribution in [0.1, 0.15) is 5.56 Å². The van der Waals surface area contributed by atoms with Crippen LogP contribution in [0.4, 0.5) is 23.7 Å². The van der Waals surface area contributed by atoms with E-state index in [1.54, 1.807) is 12.1 Å². The van der Waals surface area contributed by atoms with Crippen LogP contribution in [0.25, 0.3) is 0 Å². The summed E-state index contributed by atoms with van der Waals surface area (Å²) in [5, 5.41) is 3.07. The van der Waals surface area contributed by atoms with E-state index in [1.807, 2.05) is 0 Å². The molecule has 0 saturated carbocycles. The topological polar surface area (TPSA) is 63.7 Å². The van der Waals surface area contributed by atoms with Crippen molar-refractivity contribution in [1.82, 2.24) is 9.88 Å². The van der Waals surface area contributed by atoms with Gasteiger partial charge in [0.2, 0.25) is 5.88 Å². The van der Waals surface area contributed by atoms with Crippen molar-refractivity contribution in [3.05, 3.63) is 47.1 Å². The second kappa shape index (κ2) is 7.51. The molecule has 1 N–H and O–H groups in total. The minimum Gasteiger partial charge on any atom is -0.495 e. The predicted octanol–water partition coefficient (Wildman–Crippen LogP) is 4.06. The maximum Gasteiger partial charge on any atom is 0.421 e. The number of amides is 2. The van der Waals surface area contributed by atoms with E-state index in [9.17, 15) is 18.0 Å². The third kappa shape index (κ3) is 4.36. The monoisotopic (exact) mass is 401 g/mol. The number of likely N-dealkylation sites (tertiary alicyclic amines) is 1. The molecule has 1 saturated heterocycles. The van der Waals surface area contributed by atoms with Crippen LogP contribution in [0.2, 0.25) is 5.02 Å². The minimum atomic E-state index is -4.56. The van der Waals surface area contributed by atoms with Crippen LogP contribution in [-0.2, 0) is 6.18 Å². The molecular formula is C17H15ClF3N3O3. The molecule has 6 nitrogen and oxygen atoms in total. The molecular weight excluding hydrogens is 387 g/mol. The van der Waals surface area contributed by atoms with E-state index in [2.05, 4.69) is 10.3 Å². The first-order valence-corrected chi connectivity index (χ1v) is 8.24. The molecule has 144 valence electrons. The van der Waals surface area contributed by atoms with Gasteiger partial charge in [-0.1, -0.05) is 11.6 Å². The van der Waals surface area contributed by atoms with E-state index in [0.717, 1.165) is 6.07 Å². The zero-order valence-corrected chi connectivity index (χ0v) is 14.8. The van der Waals surface area contributed by atoms with Gasteiger partial charge < -0.3 is 19.7 Å². The number of carbonyl (C=O) groups is 1. The van der Waals surface area contributed by atoms with Crippen LogP contribution in [0, 0.1) is 0 Å². The van der Waals surface area contributed by atoms with E-state index in [1.165, 1.54) is 30.3 Å². The largest absolute Gasteiger partial charge is 0.495 e. The fourth-order valence-electron chi connectivity index (χ4n) is 2.51. The number of rotatable bonds is 4. The van der Waals surface area contributed by atoms with Crippen LogP contribution >= 0.6 is 11.6 Å². The summed E-state index contributed by atoms with van der Waals surface area (Å²) in [4.78, 5) is 17.3. The SMILES string of the molecule is COc1ccc(Cl)cc1NC(=O)N1CC(Oc2ncccc2C(F)(F)F)C1. The van der Waals surface area contributed by atoms with Crippen molar-refractivity contribution in [3.8, 4) is 11.6 Å². The number of pyridine rings is 1. The average Bonchev–Trinajstić information content (AvgIpc) is 2.57. The van der Waals surface area contributed by atoms with Gasteiger partial charge in [-0.05, 0) is 30.3 Å². The van der Waals surface area contributed by atoms with E-state index >= 15 is 0 Å². The van der Waals surface area contributed by atoms with Crippen molar-refractivity contribution >= 4 is 23.3 Å². The highest BCUT2D eigenvalue weighted by molar-refractivity contribution is 6.31. The molecule has 2 heterocycles. The van der Waals surface area contributed by atoms with Gasteiger partial charge in [-0.2, -0.15) is 13.2 Å². The number of aromatic nitrogens is 1. The number of nitrogens with zero attached hydrogens (tertiary/aromatic N) is 2. The Morgan fingerprint density at radius 3 is 2.74 bits per heavy atom. The van der Waals surface area contributed by atoms with E-state index in [4.69, 9.17) is 21.1 Å². The lowest BCUT2D eigenvalue weighted by Gasteiger charge is -2.38. The number of carbonyl (C=O) groups excluding carboxylic acids is 1. The van der Waals surface area contributed by atoms with Gasteiger partial charge in [0.05, 0.1) is 25.9 Å². The summed E-state index contributed by atoms with van der Waals surface area (Å²) in [7, 11) is 1.46. The maximum absolute atomic E-state index is 13.0. The number of methoxy groups -OCH3 is 1. The lowest BCUT2D eigenvalue weighted by Crippen LogP contribution is -2.57. The standard InChI is InChI=1S/C17H15ClF3N3O3/c1-26-14-5-4-10(18)7-13(14)23-16(25)24-8-11(9-24)27-15-12(17(19,20)21)3-2-6-22-15/h2-7,11H,8-9H2,1H3,(H,23,25). The van der Waals surface area contributed by atoms with Crippen LogP contribution in [0.15, 0.2) is 36.5 Å². The Kier molecular flexibility index (Phi) is 5.31. The molecule has 2 amide bonds. The summed E-state index contributed by atoms with van der Waals surface area (Å²) in [6.45, 7) is 0.255. The first-order chi connectivity index (χ1) is 12.8. The van der Waals surface area contributed by atoms with E-state index in [-0.39, 0.29) is 13.1 Å². The lowest BCUT2D eigenvalue weighted by molar-refractivity contribution is -0.140. The van der Waals surface area contributed by atoms with Gasteiger partial charge in [0, 0.05) is 11.2 Å². The van der Waals surface area contributed by atoms with Gasteiger partial charge in [0.25, 0.3) is 0 Å². The molecule has 3 rings (SSSR count). The van der Waals surface area contributed by atoms with Crippen LogP contribution in [0.3, 0.4) is 0 Å². The second-order valence-corrected chi connectivity index (χ2v) is 6.21. The van der Waals surface area contributed by atoms with Gasteiger partial charge in [-0.25, -0.2) is 9.78 Å². The molecule has 1 fully saturated rings. The number of anilines is 1. The van der Waals surface area contributed by atoms with Gasteiger partial charge in [0.1, 0.15) is 17.4 Å². The maximum atomic E-state index is 13.0. The number of ether oxygens (including phenoxy) is 2. The molecule has 0 atom stereocenters. The zero-order chi connectivity index (χ0) is 19.6. The summed E-state index contributed by atoms with van der Waals surface area (Å²) in [5.74, 6) is -0.0593. The molecule has 0 spiro atoms. The Labute approximate surface area is 157 Å². The summed E-state index contributed by atoms with van der Waals surface area (Å²) in [6.07, 6.45) is -3.92. The van der Waals surface area contributed by atoms with E-state index in [0.29, 0.717) is 16.5 Å². The molecule has 0 bridgehead atoms. The van der Waals surface area contributed by atoms with Gasteiger partial charge in [0.15, 0.2) is 0 Å². The smallest absolute Gasteiger partial charge is 0.421 e. The van der Waals surface area contributed by atoms with Crippen LogP contribution in [0.5, 0.6) is 11.6 Å². The molecule has 2 aromatic rings. The Hall–Kier alpha value is -2.68. The molecule has 1 aromatic carbocycles. The van der Waals surface area contributed by atoms with Crippen molar-refractivity contribution in [2.75, 3.05) is 25.5 Å². The highest BCUT2D eigenvalue weighted by Crippen LogP contribution is 2.35. The Morgan fingerprint density at radius 1 is 1.33 bits per heavy atom. The fraction of sp³-hybridized carbons (Fsp3) is 0.294. The number of benzene rings is 1.